The molecule has 0 aromatic carbocycles. The van der Waals surface area contributed by atoms with Crippen LogP contribution in [0.4, 0.5) is 0 Å². The molecule has 90 valence electrons. The average Bonchev–Trinajstić information content (AvgIpc) is 2.23. The molecule has 0 rings (SSSR count). The van der Waals surface area contributed by atoms with Crippen LogP contribution >= 0.6 is 0 Å². The van der Waals surface area contributed by atoms with Crippen LogP contribution in [0.5, 0.6) is 0 Å². The van der Waals surface area contributed by atoms with Gasteiger partial charge in [-0.3, -0.25) is 0 Å². The lowest BCUT2D eigenvalue weighted by atomic mass is 10.2. The third-order valence-electron chi connectivity index (χ3n) is 1.89. The van der Waals surface area contributed by atoms with Gasteiger partial charge in [-0.15, -0.1) is 0 Å². The van der Waals surface area contributed by atoms with Crippen LogP contribution in [0.25, 0.3) is 0 Å². The zero-order valence-electron chi connectivity index (χ0n) is 9.57. The summed E-state index contributed by atoms with van der Waals surface area (Å²) >= 11 is 0. The molecule has 0 spiro atoms. The van der Waals surface area contributed by atoms with Gasteiger partial charge in [-0.25, -0.2) is 9.59 Å². The number of ether oxygens (including phenoxy) is 1. The third-order valence-corrected chi connectivity index (χ3v) is 1.89. The molecule has 4 heteroatoms. The van der Waals surface area contributed by atoms with Gasteiger partial charge in [0.25, 0.3) is 0 Å². The van der Waals surface area contributed by atoms with E-state index in [9.17, 15) is 9.59 Å². The second-order valence-electron chi connectivity index (χ2n) is 3.39. The van der Waals surface area contributed by atoms with Gasteiger partial charge in [0.15, 0.2) is 0 Å². The Hall–Kier alpha value is -1.58. The molecule has 0 atom stereocenters. The molecule has 0 saturated heterocycles. The van der Waals surface area contributed by atoms with Crippen LogP contribution in [-0.2, 0) is 14.3 Å². The maximum Gasteiger partial charge on any atom is 0.333 e. The molecule has 0 aliphatic carbocycles. The SMILES string of the molecule is C=C(CC=CC(=O)O)C(=O)OCCCCC. The summed E-state index contributed by atoms with van der Waals surface area (Å²) in [5.74, 6) is -1.49. The summed E-state index contributed by atoms with van der Waals surface area (Å²) in [6, 6.07) is 0. The van der Waals surface area contributed by atoms with Gasteiger partial charge in [-0.05, 0) is 12.8 Å². The first kappa shape index (κ1) is 14.4. The Kier molecular flexibility index (Phi) is 7.85. The quantitative estimate of drug-likeness (QED) is 0.392. The van der Waals surface area contributed by atoms with Crippen LogP contribution in [0.15, 0.2) is 24.3 Å². The van der Waals surface area contributed by atoms with E-state index in [4.69, 9.17) is 9.84 Å². The minimum absolute atomic E-state index is 0.207. The normalized spacial score (nSPS) is 10.3. The Morgan fingerprint density at radius 3 is 2.62 bits per heavy atom. The Bertz CT molecular complexity index is 279. The first-order valence-corrected chi connectivity index (χ1v) is 5.32. The summed E-state index contributed by atoms with van der Waals surface area (Å²) in [4.78, 5) is 21.4. The van der Waals surface area contributed by atoms with Crippen LogP contribution in [0.1, 0.15) is 32.6 Å². The molecule has 0 saturated carbocycles. The molecule has 0 fully saturated rings. The number of carbonyl (C=O) groups excluding carboxylic acids is 1. The van der Waals surface area contributed by atoms with Crippen molar-refractivity contribution in [1.82, 2.24) is 0 Å². The molecule has 0 amide bonds. The molecule has 0 aromatic rings. The zero-order valence-corrected chi connectivity index (χ0v) is 9.57. The number of hydrogen-bond donors (Lipinski definition) is 1. The van der Waals surface area contributed by atoms with Crippen molar-refractivity contribution in [3.8, 4) is 0 Å². The van der Waals surface area contributed by atoms with Crippen LogP contribution < -0.4 is 0 Å². The van der Waals surface area contributed by atoms with E-state index in [1.807, 2.05) is 0 Å². The van der Waals surface area contributed by atoms with Crippen molar-refractivity contribution < 1.29 is 19.4 Å². The van der Waals surface area contributed by atoms with Crippen molar-refractivity contribution >= 4 is 11.9 Å². The lowest BCUT2D eigenvalue weighted by molar-refractivity contribution is -0.139. The smallest absolute Gasteiger partial charge is 0.333 e. The highest BCUT2D eigenvalue weighted by Gasteiger charge is 2.06. The monoisotopic (exact) mass is 226 g/mol. The molecule has 0 aliphatic rings. The topological polar surface area (TPSA) is 63.6 Å². The number of carboxylic acid groups (broad SMARTS) is 1. The molecular weight excluding hydrogens is 208 g/mol. The van der Waals surface area contributed by atoms with E-state index in [0.717, 1.165) is 25.3 Å². The second kappa shape index (κ2) is 8.71. The zero-order chi connectivity index (χ0) is 12.4. The fourth-order valence-corrected chi connectivity index (χ4v) is 1.00. The predicted octanol–water partition coefficient (Wildman–Crippen LogP) is 2.31. The lowest BCUT2D eigenvalue weighted by Gasteiger charge is -2.04. The number of rotatable bonds is 8. The Labute approximate surface area is 95.6 Å². The summed E-state index contributed by atoms with van der Waals surface area (Å²) in [6.07, 6.45) is 5.51. The molecule has 0 radical (unpaired) electrons. The second-order valence-corrected chi connectivity index (χ2v) is 3.39. The van der Waals surface area contributed by atoms with Crippen LogP contribution in [-0.4, -0.2) is 23.7 Å². The number of allylic oxidation sites excluding steroid dienone is 1. The summed E-state index contributed by atoms with van der Waals surface area (Å²) < 4.78 is 4.94. The number of esters is 1. The average molecular weight is 226 g/mol. The molecule has 1 N–H and O–H groups in total. The van der Waals surface area contributed by atoms with Gasteiger partial charge in [-0.2, -0.15) is 0 Å². The predicted molar refractivity (Wildman–Crippen MR) is 61.0 cm³/mol. The van der Waals surface area contributed by atoms with Gasteiger partial charge < -0.3 is 9.84 Å². The van der Waals surface area contributed by atoms with E-state index in [1.54, 1.807) is 0 Å². The number of aliphatic carboxylic acids is 1. The summed E-state index contributed by atoms with van der Waals surface area (Å²) in [5, 5.41) is 8.33. The van der Waals surface area contributed by atoms with Gasteiger partial charge in [0, 0.05) is 11.6 Å². The minimum Gasteiger partial charge on any atom is -0.478 e. The Balaban J connectivity index is 3.74. The lowest BCUT2D eigenvalue weighted by Crippen LogP contribution is -2.07. The molecule has 0 bridgehead atoms. The fraction of sp³-hybridized carbons (Fsp3) is 0.500. The van der Waals surface area contributed by atoms with E-state index in [0.29, 0.717) is 6.61 Å². The van der Waals surface area contributed by atoms with Crippen molar-refractivity contribution in [3.05, 3.63) is 24.3 Å². The molecule has 0 aliphatic heterocycles. The van der Waals surface area contributed by atoms with Crippen molar-refractivity contribution in [2.75, 3.05) is 6.61 Å². The molecule has 0 heterocycles. The van der Waals surface area contributed by atoms with E-state index in [1.165, 1.54) is 6.08 Å². The van der Waals surface area contributed by atoms with Crippen LogP contribution in [0.3, 0.4) is 0 Å². The van der Waals surface area contributed by atoms with Crippen molar-refractivity contribution in [1.29, 1.82) is 0 Å². The molecule has 4 nitrogen and oxygen atoms in total. The molecule has 0 aromatic heterocycles. The number of unbranched alkanes of at least 4 members (excludes halogenated alkanes) is 2. The number of carboxylic acids is 1. The highest BCUT2D eigenvalue weighted by molar-refractivity contribution is 5.88. The van der Waals surface area contributed by atoms with Gasteiger partial charge in [0.2, 0.25) is 0 Å². The number of carbonyl (C=O) groups is 2. The van der Waals surface area contributed by atoms with E-state index in [2.05, 4.69) is 13.5 Å². The van der Waals surface area contributed by atoms with Crippen LogP contribution in [0, 0.1) is 0 Å². The Morgan fingerprint density at radius 2 is 2.06 bits per heavy atom. The van der Waals surface area contributed by atoms with Crippen molar-refractivity contribution in [2.24, 2.45) is 0 Å². The summed E-state index contributed by atoms with van der Waals surface area (Å²) in [6.45, 7) is 6.00. The number of hydrogen-bond acceptors (Lipinski definition) is 3. The Morgan fingerprint density at radius 1 is 1.38 bits per heavy atom. The summed E-state index contributed by atoms with van der Waals surface area (Å²) in [5.41, 5.74) is 0.272. The first-order valence-electron chi connectivity index (χ1n) is 5.32. The van der Waals surface area contributed by atoms with Crippen molar-refractivity contribution in [3.63, 3.8) is 0 Å². The minimum atomic E-state index is -1.04. The highest BCUT2D eigenvalue weighted by atomic mass is 16.5. The van der Waals surface area contributed by atoms with E-state index in [-0.39, 0.29) is 12.0 Å². The van der Waals surface area contributed by atoms with Gasteiger partial charge >= 0.3 is 11.9 Å². The van der Waals surface area contributed by atoms with Gasteiger partial charge in [-0.1, -0.05) is 32.4 Å². The maximum absolute atomic E-state index is 11.3. The van der Waals surface area contributed by atoms with Crippen LogP contribution in [0.2, 0.25) is 0 Å². The molecule has 16 heavy (non-hydrogen) atoms. The molecule has 0 unspecified atom stereocenters. The van der Waals surface area contributed by atoms with Gasteiger partial charge in [0.05, 0.1) is 6.61 Å². The van der Waals surface area contributed by atoms with E-state index >= 15 is 0 Å². The fourth-order valence-electron chi connectivity index (χ4n) is 1.00. The summed E-state index contributed by atoms with van der Waals surface area (Å²) in [7, 11) is 0. The van der Waals surface area contributed by atoms with Gasteiger partial charge in [0.1, 0.15) is 0 Å². The standard InChI is InChI=1S/C12H18O4/c1-3-4-5-9-16-12(15)10(2)7-6-8-11(13)14/h6,8H,2-5,7,9H2,1H3,(H,13,14). The first-order chi connectivity index (χ1) is 7.57. The largest absolute Gasteiger partial charge is 0.478 e. The maximum atomic E-state index is 11.3. The van der Waals surface area contributed by atoms with Crippen molar-refractivity contribution in [2.45, 2.75) is 32.6 Å². The van der Waals surface area contributed by atoms with E-state index < -0.39 is 11.9 Å². The molecular formula is C12H18O4. The highest BCUT2D eigenvalue weighted by Crippen LogP contribution is 2.03. The third kappa shape index (κ3) is 7.79.